The Morgan fingerprint density at radius 2 is 2.17 bits per heavy atom. The maximum absolute atomic E-state index is 13.7. The van der Waals surface area contributed by atoms with Gasteiger partial charge in [0.1, 0.15) is 17.9 Å². The zero-order chi connectivity index (χ0) is 13.1. The maximum Gasteiger partial charge on any atom is 0.323 e. The second-order valence-electron chi connectivity index (χ2n) is 3.32. The summed E-state index contributed by atoms with van der Waals surface area (Å²) in [4.78, 5) is 33.2. The molecule has 0 aliphatic carbocycles. The van der Waals surface area contributed by atoms with Gasteiger partial charge in [-0.3, -0.25) is 24.1 Å². The lowest BCUT2D eigenvalue weighted by Crippen LogP contribution is -2.27. The number of carboxylic acids is 1. The van der Waals surface area contributed by atoms with Crippen molar-refractivity contribution in [3.05, 3.63) is 41.1 Å². The summed E-state index contributed by atoms with van der Waals surface area (Å²) in [5.74, 6) is -2.41. The van der Waals surface area contributed by atoms with Crippen molar-refractivity contribution in [3.8, 4) is 11.4 Å². The average Bonchev–Trinajstić information content (AvgIpc) is 2.36. The van der Waals surface area contributed by atoms with Gasteiger partial charge in [-0.15, -0.1) is 0 Å². The smallest absolute Gasteiger partial charge is 0.323 e. The van der Waals surface area contributed by atoms with Crippen molar-refractivity contribution in [1.82, 2.24) is 19.5 Å². The van der Waals surface area contributed by atoms with Crippen molar-refractivity contribution in [1.29, 1.82) is 0 Å². The van der Waals surface area contributed by atoms with Crippen LogP contribution in [0.3, 0.4) is 0 Å². The fraction of sp³-hybridized carbons (Fsp3) is 0.100. The molecule has 0 bridgehead atoms. The van der Waals surface area contributed by atoms with E-state index in [1.807, 2.05) is 0 Å². The first-order valence-corrected chi connectivity index (χ1v) is 4.82. The van der Waals surface area contributed by atoms with Gasteiger partial charge >= 0.3 is 5.97 Å². The topological polar surface area (TPSA) is 98.0 Å². The minimum Gasteiger partial charge on any atom is -0.480 e. The Kier molecular flexibility index (Phi) is 3.09. The van der Waals surface area contributed by atoms with E-state index < -0.39 is 23.9 Å². The van der Waals surface area contributed by atoms with E-state index in [0.29, 0.717) is 4.57 Å². The lowest BCUT2D eigenvalue weighted by atomic mass is 10.3. The average molecular weight is 250 g/mol. The van der Waals surface area contributed by atoms with Crippen LogP contribution in [0.5, 0.6) is 0 Å². The quantitative estimate of drug-likeness (QED) is 0.818. The molecule has 0 unspecified atom stereocenters. The Morgan fingerprint density at radius 3 is 2.78 bits per heavy atom. The van der Waals surface area contributed by atoms with Gasteiger partial charge in [-0.25, -0.2) is 4.98 Å². The summed E-state index contributed by atoms with van der Waals surface area (Å²) in [5, 5.41) is 8.54. The molecule has 92 valence electrons. The van der Waals surface area contributed by atoms with Crippen LogP contribution in [0.25, 0.3) is 11.4 Å². The number of hydrogen-bond acceptors (Lipinski definition) is 5. The Labute approximate surface area is 99.6 Å². The predicted octanol–water partition coefficient (Wildman–Crippen LogP) is -0.0760. The van der Waals surface area contributed by atoms with E-state index in [2.05, 4.69) is 15.0 Å². The van der Waals surface area contributed by atoms with E-state index in [1.165, 1.54) is 18.6 Å². The van der Waals surface area contributed by atoms with Crippen molar-refractivity contribution in [3.63, 3.8) is 0 Å². The van der Waals surface area contributed by atoms with Crippen LogP contribution in [0.1, 0.15) is 0 Å². The maximum atomic E-state index is 13.7. The van der Waals surface area contributed by atoms with E-state index in [9.17, 15) is 14.0 Å². The molecule has 2 aromatic heterocycles. The highest BCUT2D eigenvalue weighted by atomic mass is 19.1. The molecule has 8 heteroatoms. The molecule has 0 atom stereocenters. The third-order valence-corrected chi connectivity index (χ3v) is 2.09. The number of halogens is 1. The molecule has 0 aliphatic heterocycles. The van der Waals surface area contributed by atoms with Crippen molar-refractivity contribution in [2.24, 2.45) is 0 Å². The number of rotatable bonds is 3. The van der Waals surface area contributed by atoms with Gasteiger partial charge in [0.15, 0.2) is 0 Å². The number of carbonyl (C=O) groups is 1. The molecule has 2 heterocycles. The molecule has 0 fully saturated rings. The molecule has 0 aromatic carbocycles. The van der Waals surface area contributed by atoms with Gasteiger partial charge in [0, 0.05) is 12.4 Å². The number of aromatic nitrogens is 4. The van der Waals surface area contributed by atoms with Gasteiger partial charge in [0.05, 0.1) is 12.5 Å². The Hall–Kier alpha value is -2.64. The van der Waals surface area contributed by atoms with E-state index in [4.69, 9.17) is 5.11 Å². The molecular formula is C10H7FN4O3. The van der Waals surface area contributed by atoms with Crippen LogP contribution in [-0.4, -0.2) is 30.6 Å². The van der Waals surface area contributed by atoms with Gasteiger partial charge in [-0.05, 0) is 0 Å². The summed E-state index contributed by atoms with van der Waals surface area (Å²) in [6, 6.07) is 0. The molecule has 7 nitrogen and oxygen atoms in total. The zero-order valence-corrected chi connectivity index (χ0v) is 8.95. The molecule has 0 aliphatic rings. The third-order valence-electron chi connectivity index (χ3n) is 2.09. The Morgan fingerprint density at radius 1 is 1.39 bits per heavy atom. The van der Waals surface area contributed by atoms with Crippen molar-refractivity contribution >= 4 is 5.97 Å². The van der Waals surface area contributed by atoms with Gasteiger partial charge < -0.3 is 5.11 Å². The molecule has 0 saturated carbocycles. The standard InChI is InChI=1S/C10H7FN4O3/c11-8-9(6-3-12-1-2-13-6)14-5-15(10(8)18)4-7(16)17/h1-3,5H,4H2,(H,16,17). The molecule has 0 saturated heterocycles. The second-order valence-corrected chi connectivity index (χ2v) is 3.32. The molecule has 0 amide bonds. The molecule has 0 spiro atoms. The minimum absolute atomic E-state index is 0.106. The van der Waals surface area contributed by atoms with Crippen molar-refractivity contribution in [2.75, 3.05) is 0 Å². The van der Waals surface area contributed by atoms with E-state index >= 15 is 0 Å². The van der Waals surface area contributed by atoms with E-state index in [-0.39, 0.29) is 11.4 Å². The fourth-order valence-electron chi connectivity index (χ4n) is 1.32. The first-order chi connectivity index (χ1) is 8.59. The van der Waals surface area contributed by atoms with Crippen LogP contribution in [-0.2, 0) is 11.3 Å². The number of carboxylic acid groups (broad SMARTS) is 1. The molecule has 2 aromatic rings. The van der Waals surface area contributed by atoms with Crippen LogP contribution >= 0.6 is 0 Å². The first-order valence-electron chi connectivity index (χ1n) is 4.82. The molecule has 18 heavy (non-hydrogen) atoms. The SMILES string of the molecule is O=C(O)Cn1cnc(-c2cnccn2)c(F)c1=O. The minimum atomic E-state index is -1.26. The number of aliphatic carboxylic acids is 1. The summed E-state index contributed by atoms with van der Waals surface area (Å²) in [5.41, 5.74) is -1.21. The molecular weight excluding hydrogens is 243 g/mol. The normalized spacial score (nSPS) is 10.3. The van der Waals surface area contributed by atoms with Gasteiger partial charge in [-0.2, -0.15) is 4.39 Å². The molecule has 1 N–H and O–H groups in total. The summed E-state index contributed by atoms with van der Waals surface area (Å²) in [6.07, 6.45) is 4.95. The first kappa shape index (κ1) is 11.8. The zero-order valence-electron chi connectivity index (χ0n) is 8.95. The highest BCUT2D eigenvalue weighted by molar-refractivity contribution is 5.66. The third kappa shape index (κ3) is 2.21. The summed E-state index contributed by atoms with van der Waals surface area (Å²) < 4.78 is 14.4. The summed E-state index contributed by atoms with van der Waals surface area (Å²) in [6.45, 7) is -0.649. The van der Waals surface area contributed by atoms with Crippen LogP contribution in [0.4, 0.5) is 4.39 Å². The Bertz CT molecular complexity index is 641. The molecule has 2 rings (SSSR count). The summed E-state index contributed by atoms with van der Waals surface area (Å²) in [7, 11) is 0. The van der Waals surface area contributed by atoms with Crippen molar-refractivity contribution in [2.45, 2.75) is 6.54 Å². The van der Waals surface area contributed by atoms with Gasteiger partial charge in [0.25, 0.3) is 5.56 Å². The molecule has 0 radical (unpaired) electrons. The van der Waals surface area contributed by atoms with Crippen LogP contribution in [0.2, 0.25) is 0 Å². The lowest BCUT2D eigenvalue weighted by molar-refractivity contribution is -0.137. The highest BCUT2D eigenvalue weighted by Gasteiger charge is 2.15. The van der Waals surface area contributed by atoms with E-state index in [1.54, 1.807) is 0 Å². The van der Waals surface area contributed by atoms with Crippen LogP contribution in [0, 0.1) is 5.82 Å². The van der Waals surface area contributed by atoms with Gasteiger partial charge in [-0.1, -0.05) is 0 Å². The lowest BCUT2D eigenvalue weighted by Gasteiger charge is -2.04. The van der Waals surface area contributed by atoms with Crippen LogP contribution in [0.15, 0.2) is 29.7 Å². The number of hydrogen-bond donors (Lipinski definition) is 1. The highest BCUT2D eigenvalue weighted by Crippen LogP contribution is 2.12. The predicted molar refractivity (Wildman–Crippen MR) is 57.1 cm³/mol. The van der Waals surface area contributed by atoms with Crippen molar-refractivity contribution < 1.29 is 14.3 Å². The van der Waals surface area contributed by atoms with Crippen LogP contribution < -0.4 is 5.56 Å². The monoisotopic (exact) mass is 250 g/mol. The number of nitrogens with zero attached hydrogens (tertiary/aromatic N) is 4. The van der Waals surface area contributed by atoms with E-state index in [0.717, 1.165) is 6.33 Å². The van der Waals surface area contributed by atoms with Gasteiger partial charge in [0.2, 0.25) is 5.82 Å². The summed E-state index contributed by atoms with van der Waals surface area (Å²) >= 11 is 0. The second kappa shape index (κ2) is 4.70. The largest absolute Gasteiger partial charge is 0.480 e. The fourth-order valence-corrected chi connectivity index (χ4v) is 1.32. The Balaban J connectivity index is 2.51.